The molecule has 0 aromatic carbocycles. The summed E-state index contributed by atoms with van der Waals surface area (Å²) in [6, 6.07) is 0. The molecule has 0 saturated carbocycles. The fourth-order valence-electron chi connectivity index (χ4n) is 0.937. The van der Waals surface area contributed by atoms with E-state index in [4.69, 9.17) is 5.11 Å². The van der Waals surface area contributed by atoms with Crippen molar-refractivity contribution >= 4 is 0 Å². The molecular formula is C7H12O2. The lowest BCUT2D eigenvalue weighted by Crippen LogP contribution is -2.39. The first kappa shape index (κ1) is 6.78. The van der Waals surface area contributed by atoms with Crippen molar-refractivity contribution in [2.45, 2.75) is 31.5 Å². The first-order valence-electron chi connectivity index (χ1n) is 3.18. The standard InChI is InChI=1S/C7H12O2/c1-7(9)5-3-2-4-6(7)8/h2-3,6,8-9H,4-5H2,1H3. The molecule has 2 atom stereocenters. The second-order valence-corrected chi connectivity index (χ2v) is 2.78. The van der Waals surface area contributed by atoms with Gasteiger partial charge in [-0.15, -0.1) is 0 Å². The summed E-state index contributed by atoms with van der Waals surface area (Å²) >= 11 is 0. The number of aliphatic hydroxyl groups is 2. The second kappa shape index (κ2) is 2.12. The van der Waals surface area contributed by atoms with Gasteiger partial charge in [-0.05, 0) is 19.8 Å². The van der Waals surface area contributed by atoms with Gasteiger partial charge in [0.05, 0.1) is 11.7 Å². The molecule has 2 N–H and O–H groups in total. The topological polar surface area (TPSA) is 40.5 Å². The number of aliphatic hydroxyl groups excluding tert-OH is 1. The Morgan fingerprint density at radius 1 is 1.56 bits per heavy atom. The predicted molar refractivity (Wildman–Crippen MR) is 35.0 cm³/mol. The lowest BCUT2D eigenvalue weighted by molar-refractivity contribution is -0.0614. The quantitative estimate of drug-likeness (QED) is 0.465. The fraction of sp³-hybridized carbons (Fsp3) is 0.714. The van der Waals surface area contributed by atoms with E-state index in [1.54, 1.807) is 6.92 Å². The summed E-state index contributed by atoms with van der Waals surface area (Å²) in [4.78, 5) is 0. The van der Waals surface area contributed by atoms with Crippen LogP contribution in [0.25, 0.3) is 0 Å². The lowest BCUT2D eigenvalue weighted by Gasteiger charge is -2.29. The zero-order valence-corrected chi connectivity index (χ0v) is 5.54. The highest BCUT2D eigenvalue weighted by molar-refractivity contribution is 5.01. The van der Waals surface area contributed by atoms with Crippen LogP contribution in [-0.4, -0.2) is 21.9 Å². The van der Waals surface area contributed by atoms with Gasteiger partial charge >= 0.3 is 0 Å². The van der Waals surface area contributed by atoms with Crippen LogP contribution in [0.2, 0.25) is 0 Å². The summed E-state index contributed by atoms with van der Waals surface area (Å²) < 4.78 is 0. The van der Waals surface area contributed by atoms with E-state index in [9.17, 15) is 5.11 Å². The molecule has 0 amide bonds. The van der Waals surface area contributed by atoms with Crippen molar-refractivity contribution in [3.8, 4) is 0 Å². The summed E-state index contributed by atoms with van der Waals surface area (Å²) in [5, 5.41) is 18.5. The van der Waals surface area contributed by atoms with Gasteiger partial charge in [-0.3, -0.25) is 0 Å². The molecule has 0 aromatic rings. The minimum Gasteiger partial charge on any atom is -0.390 e. The highest BCUT2D eigenvalue weighted by atomic mass is 16.3. The van der Waals surface area contributed by atoms with Crippen molar-refractivity contribution < 1.29 is 10.2 Å². The Bertz CT molecular complexity index is 127. The van der Waals surface area contributed by atoms with E-state index < -0.39 is 11.7 Å². The highest BCUT2D eigenvalue weighted by Gasteiger charge is 2.29. The molecule has 0 saturated heterocycles. The Morgan fingerprint density at radius 2 is 2.22 bits per heavy atom. The van der Waals surface area contributed by atoms with E-state index in [0.717, 1.165) is 0 Å². The highest BCUT2D eigenvalue weighted by Crippen LogP contribution is 2.22. The number of rotatable bonds is 0. The molecule has 1 aliphatic carbocycles. The van der Waals surface area contributed by atoms with Gasteiger partial charge in [-0.25, -0.2) is 0 Å². The van der Waals surface area contributed by atoms with Crippen molar-refractivity contribution in [1.29, 1.82) is 0 Å². The fourth-order valence-corrected chi connectivity index (χ4v) is 0.937. The zero-order valence-electron chi connectivity index (χ0n) is 5.54. The molecule has 0 heterocycles. The van der Waals surface area contributed by atoms with Crippen LogP contribution in [0, 0.1) is 0 Å². The van der Waals surface area contributed by atoms with Gasteiger partial charge in [-0.2, -0.15) is 0 Å². The molecule has 2 unspecified atom stereocenters. The third kappa shape index (κ3) is 1.32. The molecule has 9 heavy (non-hydrogen) atoms. The SMILES string of the molecule is CC1(O)CC=CCC1O. The Kier molecular flexibility index (Phi) is 1.60. The molecule has 2 nitrogen and oxygen atoms in total. The van der Waals surface area contributed by atoms with Crippen molar-refractivity contribution in [3.05, 3.63) is 12.2 Å². The number of hydrogen-bond donors (Lipinski definition) is 2. The maximum absolute atomic E-state index is 9.34. The van der Waals surface area contributed by atoms with Crippen molar-refractivity contribution in [1.82, 2.24) is 0 Å². The van der Waals surface area contributed by atoms with Crippen molar-refractivity contribution in [2.24, 2.45) is 0 Å². The van der Waals surface area contributed by atoms with Crippen LogP contribution in [0.5, 0.6) is 0 Å². The Balaban J connectivity index is 2.64. The third-order valence-electron chi connectivity index (χ3n) is 1.77. The van der Waals surface area contributed by atoms with Crippen LogP contribution in [0.4, 0.5) is 0 Å². The summed E-state index contributed by atoms with van der Waals surface area (Å²) in [5.74, 6) is 0. The van der Waals surface area contributed by atoms with E-state index in [0.29, 0.717) is 12.8 Å². The number of hydrogen-bond acceptors (Lipinski definition) is 2. The largest absolute Gasteiger partial charge is 0.390 e. The predicted octanol–water partition coefficient (Wildman–Crippen LogP) is 0.448. The normalized spacial score (nSPS) is 43.2. The second-order valence-electron chi connectivity index (χ2n) is 2.78. The molecule has 0 radical (unpaired) electrons. The van der Waals surface area contributed by atoms with Gasteiger partial charge < -0.3 is 10.2 Å². The lowest BCUT2D eigenvalue weighted by atomic mass is 9.89. The molecular weight excluding hydrogens is 116 g/mol. The third-order valence-corrected chi connectivity index (χ3v) is 1.77. The van der Waals surface area contributed by atoms with Crippen LogP contribution >= 0.6 is 0 Å². The van der Waals surface area contributed by atoms with E-state index in [1.807, 2.05) is 12.2 Å². The van der Waals surface area contributed by atoms with Crippen molar-refractivity contribution in [2.75, 3.05) is 0 Å². The Hall–Kier alpha value is -0.340. The first-order valence-corrected chi connectivity index (χ1v) is 3.18. The van der Waals surface area contributed by atoms with Gasteiger partial charge in [-0.1, -0.05) is 12.2 Å². The smallest absolute Gasteiger partial charge is 0.0914 e. The van der Waals surface area contributed by atoms with Crippen LogP contribution in [0.1, 0.15) is 19.8 Å². The molecule has 1 aliphatic rings. The van der Waals surface area contributed by atoms with Crippen molar-refractivity contribution in [3.63, 3.8) is 0 Å². The summed E-state index contributed by atoms with van der Waals surface area (Å²) in [6.45, 7) is 1.65. The summed E-state index contributed by atoms with van der Waals surface area (Å²) in [6.07, 6.45) is 4.35. The molecule has 0 bridgehead atoms. The minimum atomic E-state index is -0.894. The van der Waals surface area contributed by atoms with Crippen LogP contribution in [0.15, 0.2) is 12.2 Å². The summed E-state index contributed by atoms with van der Waals surface area (Å²) in [7, 11) is 0. The van der Waals surface area contributed by atoms with Crippen LogP contribution < -0.4 is 0 Å². The molecule has 0 aliphatic heterocycles. The molecule has 52 valence electrons. The summed E-state index contributed by atoms with van der Waals surface area (Å²) in [5.41, 5.74) is -0.894. The van der Waals surface area contributed by atoms with Crippen LogP contribution in [-0.2, 0) is 0 Å². The molecule has 0 fully saturated rings. The van der Waals surface area contributed by atoms with Gasteiger partial charge in [0.25, 0.3) is 0 Å². The molecule has 2 heteroatoms. The van der Waals surface area contributed by atoms with Crippen LogP contribution in [0.3, 0.4) is 0 Å². The average molecular weight is 128 g/mol. The van der Waals surface area contributed by atoms with Gasteiger partial charge in [0, 0.05) is 0 Å². The molecule has 1 rings (SSSR count). The van der Waals surface area contributed by atoms with Gasteiger partial charge in [0.15, 0.2) is 0 Å². The van der Waals surface area contributed by atoms with E-state index in [-0.39, 0.29) is 0 Å². The first-order chi connectivity index (χ1) is 4.13. The van der Waals surface area contributed by atoms with Gasteiger partial charge in [0.2, 0.25) is 0 Å². The zero-order chi connectivity index (χ0) is 6.91. The Labute approximate surface area is 54.8 Å². The van der Waals surface area contributed by atoms with Gasteiger partial charge in [0.1, 0.15) is 0 Å². The van der Waals surface area contributed by atoms with E-state index in [2.05, 4.69) is 0 Å². The maximum Gasteiger partial charge on any atom is 0.0914 e. The maximum atomic E-state index is 9.34. The molecule has 0 aromatic heterocycles. The minimum absolute atomic E-state index is 0.564. The Morgan fingerprint density at radius 3 is 2.56 bits per heavy atom. The van der Waals surface area contributed by atoms with E-state index in [1.165, 1.54) is 0 Å². The average Bonchev–Trinajstić information content (AvgIpc) is 1.77. The monoisotopic (exact) mass is 128 g/mol. The van der Waals surface area contributed by atoms with E-state index >= 15 is 0 Å². The molecule has 0 spiro atoms.